The predicted molar refractivity (Wildman–Crippen MR) is 68.9 cm³/mol. The standard InChI is InChI=1S/C13H22N2O4/c1-8-11(5-6-19-8)15(2)13(18)14-10(7-12(16)17)9-3-4-9/h8-11H,3-7H2,1-2H3,(H,14,18)(H,16,17). The van der Waals surface area contributed by atoms with E-state index < -0.39 is 5.97 Å². The lowest BCUT2D eigenvalue weighted by Gasteiger charge is -2.29. The van der Waals surface area contributed by atoms with Crippen molar-refractivity contribution in [2.75, 3.05) is 13.7 Å². The van der Waals surface area contributed by atoms with E-state index in [1.165, 1.54) is 0 Å². The molecule has 19 heavy (non-hydrogen) atoms. The first-order valence-electron chi connectivity index (χ1n) is 6.85. The van der Waals surface area contributed by atoms with E-state index in [-0.39, 0.29) is 30.6 Å². The summed E-state index contributed by atoms with van der Waals surface area (Å²) in [5.41, 5.74) is 0. The second kappa shape index (κ2) is 5.77. The van der Waals surface area contributed by atoms with Crippen LogP contribution in [0.4, 0.5) is 4.79 Å². The van der Waals surface area contributed by atoms with E-state index in [0.29, 0.717) is 12.5 Å². The topological polar surface area (TPSA) is 78.9 Å². The number of carbonyl (C=O) groups excluding carboxylic acids is 1. The molecule has 1 saturated carbocycles. The maximum atomic E-state index is 12.2. The number of hydrogen-bond donors (Lipinski definition) is 2. The molecule has 1 aliphatic heterocycles. The van der Waals surface area contributed by atoms with E-state index in [9.17, 15) is 9.59 Å². The van der Waals surface area contributed by atoms with Crippen LogP contribution >= 0.6 is 0 Å². The zero-order valence-corrected chi connectivity index (χ0v) is 11.5. The number of ether oxygens (including phenoxy) is 1. The summed E-state index contributed by atoms with van der Waals surface area (Å²) in [5, 5.41) is 11.7. The van der Waals surface area contributed by atoms with Crippen LogP contribution in [0.25, 0.3) is 0 Å². The molecule has 6 heteroatoms. The fraction of sp³-hybridized carbons (Fsp3) is 0.846. The maximum absolute atomic E-state index is 12.2. The Hall–Kier alpha value is -1.30. The van der Waals surface area contributed by atoms with Gasteiger partial charge in [-0.25, -0.2) is 4.79 Å². The summed E-state index contributed by atoms with van der Waals surface area (Å²) in [6, 6.07) is -0.366. The zero-order valence-electron chi connectivity index (χ0n) is 11.5. The Morgan fingerprint density at radius 3 is 2.58 bits per heavy atom. The minimum atomic E-state index is -0.863. The van der Waals surface area contributed by atoms with E-state index in [1.807, 2.05) is 6.92 Å². The normalized spacial score (nSPS) is 27.9. The highest BCUT2D eigenvalue weighted by Gasteiger charge is 2.36. The number of nitrogens with one attached hydrogen (secondary N) is 1. The lowest BCUT2D eigenvalue weighted by Crippen LogP contribution is -2.50. The van der Waals surface area contributed by atoms with Crippen molar-refractivity contribution < 1.29 is 19.4 Å². The van der Waals surface area contributed by atoms with Crippen LogP contribution in [-0.2, 0) is 9.53 Å². The van der Waals surface area contributed by atoms with Gasteiger partial charge in [0.1, 0.15) is 0 Å². The number of aliphatic carboxylic acids is 1. The quantitative estimate of drug-likeness (QED) is 0.783. The van der Waals surface area contributed by atoms with Crippen LogP contribution in [0, 0.1) is 5.92 Å². The van der Waals surface area contributed by atoms with Crippen LogP contribution in [0.2, 0.25) is 0 Å². The Balaban J connectivity index is 1.89. The molecule has 2 aliphatic rings. The number of amides is 2. The SMILES string of the molecule is CC1OCCC1N(C)C(=O)NC(CC(=O)O)C1CC1. The van der Waals surface area contributed by atoms with Crippen molar-refractivity contribution in [3.63, 3.8) is 0 Å². The average Bonchev–Trinajstić information content (AvgIpc) is 3.10. The Morgan fingerprint density at radius 1 is 1.42 bits per heavy atom. The number of hydrogen-bond acceptors (Lipinski definition) is 3. The molecule has 0 spiro atoms. The Labute approximate surface area is 113 Å². The molecule has 108 valence electrons. The molecule has 1 aliphatic carbocycles. The third kappa shape index (κ3) is 3.59. The molecule has 2 N–H and O–H groups in total. The van der Waals surface area contributed by atoms with E-state index in [4.69, 9.17) is 9.84 Å². The van der Waals surface area contributed by atoms with Gasteiger partial charge < -0.3 is 20.1 Å². The summed E-state index contributed by atoms with van der Waals surface area (Å²) in [6.45, 7) is 2.63. The van der Waals surface area contributed by atoms with Crippen LogP contribution < -0.4 is 5.32 Å². The van der Waals surface area contributed by atoms with Crippen molar-refractivity contribution >= 4 is 12.0 Å². The molecule has 0 bridgehead atoms. The number of carboxylic acid groups (broad SMARTS) is 1. The van der Waals surface area contributed by atoms with Crippen LogP contribution in [0.1, 0.15) is 32.6 Å². The molecule has 0 aromatic heterocycles. The number of nitrogens with zero attached hydrogens (tertiary/aromatic N) is 1. The molecular weight excluding hydrogens is 248 g/mol. The number of rotatable bonds is 5. The summed E-state index contributed by atoms with van der Waals surface area (Å²) in [5.74, 6) is -0.539. The molecule has 6 nitrogen and oxygen atoms in total. The first kappa shape index (κ1) is 14.1. The summed E-state index contributed by atoms with van der Waals surface area (Å²) < 4.78 is 5.45. The summed E-state index contributed by atoms with van der Waals surface area (Å²) >= 11 is 0. The number of carboxylic acids is 1. The average molecular weight is 270 g/mol. The molecule has 3 atom stereocenters. The third-order valence-corrected chi connectivity index (χ3v) is 4.05. The van der Waals surface area contributed by atoms with E-state index in [0.717, 1.165) is 19.3 Å². The first-order valence-corrected chi connectivity index (χ1v) is 6.85. The molecule has 0 aromatic rings. The van der Waals surface area contributed by atoms with Gasteiger partial charge in [-0.2, -0.15) is 0 Å². The van der Waals surface area contributed by atoms with Gasteiger partial charge in [-0.3, -0.25) is 4.79 Å². The maximum Gasteiger partial charge on any atom is 0.317 e. The largest absolute Gasteiger partial charge is 0.481 e. The van der Waals surface area contributed by atoms with Gasteiger partial charge in [-0.15, -0.1) is 0 Å². The van der Waals surface area contributed by atoms with Gasteiger partial charge in [0.2, 0.25) is 0 Å². The van der Waals surface area contributed by atoms with E-state index in [2.05, 4.69) is 5.32 Å². The summed E-state index contributed by atoms with van der Waals surface area (Å²) in [4.78, 5) is 24.6. The Bertz CT molecular complexity index is 357. The summed E-state index contributed by atoms with van der Waals surface area (Å²) in [6.07, 6.45) is 2.88. The Kier molecular flexibility index (Phi) is 4.29. The third-order valence-electron chi connectivity index (χ3n) is 4.05. The van der Waals surface area contributed by atoms with Gasteiger partial charge in [0.15, 0.2) is 0 Å². The fourth-order valence-electron chi connectivity index (χ4n) is 2.66. The van der Waals surface area contributed by atoms with Gasteiger partial charge in [0.05, 0.1) is 18.6 Å². The van der Waals surface area contributed by atoms with Crippen molar-refractivity contribution in [1.29, 1.82) is 0 Å². The van der Waals surface area contributed by atoms with Crippen molar-refractivity contribution in [2.45, 2.75) is 50.8 Å². The lowest BCUT2D eigenvalue weighted by molar-refractivity contribution is -0.137. The van der Waals surface area contributed by atoms with Crippen molar-refractivity contribution in [1.82, 2.24) is 10.2 Å². The minimum absolute atomic E-state index is 0.000959. The van der Waals surface area contributed by atoms with Crippen LogP contribution in [-0.4, -0.2) is 53.8 Å². The smallest absolute Gasteiger partial charge is 0.317 e. The van der Waals surface area contributed by atoms with E-state index >= 15 is 0 Å². The Morgan fingerprint density at radius 2 is 2.11 bits per heavy atom. The molecule has 2 amide bonds. The van der Waals surface area contributed by atoms with Gasteiger partial charge in [-0.05, 0) is 32.1 Å². The van der Waals surface area contributed by atoms with Crippen LogP contribution in [0.3, 0.4) is 0 Å². The van der Waals surface area contributed by atoms with Crippen molar-refractivity contribution in [3.05, 3.63) is 0 Å². The molecule has 1 heterocycles. The van der Waals surface area contributed by atoms with Crippen LogP contribution in [0.5, 0.6) is 0 Å². The number of urea groups is 1. The highest BCUT2D eigenvalue weighted by Crippen LogP contribution is 2.34. The molecule has 2 rings (SSSR count). The molecule has 1 saturated heterocycles. The fourth-order valence-corrected chi connectivity index (χ4v) is 2.66. The van der Waals surface area contributed by atoms with Crippen LogP contribution in [0.15, 0.2) is 0 Å². The highest BCUT2D eigenvalue weighted by atomic mass is 16.5. The number of carbonyl (C=O) groups is 2. The van der Waals surface area contributed by atoms with Crippen molar-refractivity contribution in [2.24, 2.45) is 5.92 Å². The minimum Gasteiger partial charge on any atom is -0.481 e. The van der Waals surface area contributed by atoms with Gasteiger partial charge in [-0.1, -0.05) is 0 Å². The monoisotopic (exact) mass is 270 g/mol. The molecule has 2 fully saturated rings. The zero-order chi connectivity index (χ0) is 14.0. The van der Waals surface area contributed by atoms with E-state index in [1.54, 1.807) is 11.9 Å². The van der Waals surface area contributed by atoms with Gasteiger partial charge in [0.25, 0.3) is 0 Å². The van der Waals surface area contributed by atoms with Crippen molar-refractivity contribution in [3.8, 4) is 0 Å². The lowest BCUT2D eigenvalue weighted by atomic mass is 10.1. The second-order valence-electron chi connectivity index (χ2n) is 5.53. The first-order chi connectivity index (χ1) is 8.99. The number of likely N-dealkylation sites (N-methyl/N-ethyl adjacent to an activating group) is 1. The molecule has 3 unspecified atom stereocenters. The summed E-state index contributed by atoms with van der Waals surface area (Å²) in [7, 11) is 1.75. The molecule has 0 aromatic carbocycles. The highest BCUT2D eigenvalue weighted by molar-refractivity contribution is 5.76. The van der Waals surface area contributed by atoms with Gasteiger partial charge >= 0.3 is 12.0 Å². The predicted octanol–water partition coefficient (Wildman–Crippen LogP) is 1.06. The molecular formula is C13H22N2O4. The second-order valence-corrected chi connectivity index (χ2v) is 5.53. The van der Waals surface area contributed by atoms with Gasteiger partial charge in [0, 0.05) is 19.7 Å². The molecule has 0 radical (unpaired) electrons.